The Morgan fingerprint density at radius 2 is 2.03 bits per heavy atom. The summed E-state index contributed by atoms with van der Waals surface area (Å²) >= 11 is 0. The summed E-state index contributed by atoms with van der Waals surface area (Å²) in [4.78, 5) is 2.59. The van der Waals surface area contributed by atoms with Gasteiger partial charge in [0.05, 0.1) is 11.2 Å². The zero-order chi connectivity index (χ0) is 21.3. The molecule has 1 spiro atoms. The van der Waals surface area contributed by atoms with E-state index < -0.39 is 5.60 Å². The van der Waals surface area contributed by atoms with Gasteiger partial charge >= 0.3 is 0 Å². The predicted octanol–water partition coefficient (Wildman–Crippen LogP) is 3.94. The molecule has 1 saturated heterocycles. The van der Waals surface area contributed by atoms with Gasteiger partial charge in [-0.05, 0) is 82.5 Å². The van der Waals surface area contributed by atoms with Crippen LogP contribution in [0.3, 0.4) is 0 Å². The minimum Gasteiger partial charge on any atom is -0.507 e. The molecule has 1 aromatic rings. The number of hydrogen-bond donors (Lipinski definition) is 2. The first-order chi connectivity index (χ1) is 14.2. The number of phenolic OH excluding ortho intramolecular Hbond substituents is 1. The summed E-state index contributed by atoms with van der Waals surface area (Å²) in [5, 5.41) is 23.4. The highest BCUT2D eigenvalue weighted by Gasteiger charge is 2.97. The number of phenols is 1. The maximum absolute atomic E-state index is 12.0. The van der Waals surface area contributed by atoms with E-state index >= 15 is 0 Å². The van der Waals surface area contributed by atoms with Crippen LogP contribution in [0.25, 0.3) is 0 Å². The summed E-state index contributed by atoms with van der Waals surface area (Å²) in [5.41, 5.74) is 2.38. The van der Waals surface area contributed by atoms with E-state index in [0.717, 1.165) is 57.1 Å². The van der Waals surface area contributed by atoms with E-state index in [2.05, 4.69) is 37.9 Å². The van der Waals surface area contributed by atoms with E-state index in [4.69, 9.17) is 4.74 Å². The molecule has 4 saturated carbocycles. The van der Waals surface area contributed by atoms with E-state index in [1.807, 2.05) is 14.0 Å². The molecule has 1 aromatic carbocycles. The molecule has 0 amide bonds. The van der Waals surface area contributed by atoms with Crippen molar-refractivity contribution < 1.29 is 14.9 Å². The lowest BCUT2D eigenvalue weighted by atomic mass is 9.43. The number of aliphatic hydroxyl groups is 1. The summed E-state index contributed by atoms with van der Waals surface area (Å²) in [7, 11) is 4.17. The van der Waals surface area contributed by atoms with Crippen LogP contribution >= 0.6 is 0 Å². The van der Waals surface area contributed by atoms with Gasteiger partial charge in [-0.25, -0.2) is 0 Å². The Morgan fingerprint density at radius 3 is 2.73 bits per heavy atom. The van der Waals surface area contributed by atoms with Gasteiger partial charge in [-0.15, -0.1) is 0 Å². The van der Waals surface area contributed by atoms with E-state index in [0.29, 0.717) is 17.7 Å². The molecule has 5 fully saturated rings. The first-order valence-electron chi connectivity index (χ1n) is 12.0. The third-order valence-corrected chi connectivity index (χ3v) is 11.0. The molecule has 1 heterocycles. The molecular formula is C26H37NO3. The Bertz CT molecular complexity index is 942. The SMILES string of the molecule is CCCC(C)(O)C12C[C@@]34CC[C@@]1(OC)C2[C@@]31CCN(C)[C@@H]4Cc2ccc(C)c(O)c21. The summed E-state index contributed by atoms with van der Waals surface area (Å²) < 4.78 is 6.43. The van der Waals surface area contributed by atoms with Gasteiger partial charge in [-0.2, -0.15) is 0 Å². The van der Waals surface area contributed by atoms with E-state index in [-0.39, 0.29) is 21.8 Å². The molecule has 4 heteroatoms. The molecule has 0 aromatic heterocycles. The standard InChI is InChI=1S/C26H37NO3/c1-6-9-22(3,29)25-15-23-10-11-26(25,30-5)21(25)24(23)12-13-27(4)18(23)14-17-8-7-16(2)20(28)19(17)24/h7-8,18,21,28-29H,6,9-15H2,1-5H3/t18-,21?,22?,23-,24+,25?,26-/m1/s1. The fourth-order valence-corrected chi connectivity index (χ4v) is 10.1. The van der Waals surface area contributed by atoms with Crippen molar-refractivity contribution in [3.8, 4) is 5.75 Å². The van der Waals surface area contributed by atoms with Crippen molar-refractivity contribution in [1.29, 1.82) is 0 Å². The van der Waals surface area contributed by atoms with Crippen molar-refractivity contribution in [3.63, 3.8) is 0 Å². The minimum atomic E-state index is -0.743. The molecule has 164 valence electrons. The number of likely N-dealkylation sites (N-methyl/N-ethyl adjacent to an activating group) is 1. The fourth-order valence-electron chi connectivity index (χ4n) is 10.1. The lowest BCUT2D eigenvalue weighted by Crippen LogP contribution is -2.69. The smallest absolute Gasteiger partial charge is 0.122 e. The number of piperidine rings is 1. The van der Waals surface area contributed by atoms with E-state index in [1.165, 1.54) is 11.1 Å². The molecule has 30 heavy (non-hydrogen) atoms. The van der Waals surface area contributed by atoms with Gasteiger partial charge in [-0.3, -0.25) is 0 Å². The Morgan fingerprint density at radius 1 is 1.27 bits per heavy atom. The zero-order valence-electron chi connectivity index (χ0n) is 19.2. The molecule has 1 aliphatic heterocycles. The first-order valence-corrected chi connectivity index (χ1v) is 12.0. The number of benzene rings is 1. The number of rotatable bonds is 4. The van der Waals surface area contributed by atoms with E-state index in [1.54, 1.807) is 0 Å². The largest absolute Gasteiger partial charge is 0.507 e. The number of nitrogens with zero attached hydrogens (tertiary/aromatic N) is 1. The average molecular weight is 412 g/mol. The Kier molecular flexibility index (Phi) is 3.55. The lowest BCUT2D eigenvalue weighted by molar-refractivity contribution is -0.167. The van der Waals surface area contributed by atoms with Crippen molar-refractivity contribution in [2.75, 3.05) is 20.7 Å². The number of fused-ring (bicyclic) bond motifs is 2. The molecule has 0 radical (unpaired) electrons. The molecule has 7 atom stereocenters. The number of hydrogen-bond acceptors (Lipinski definition) is 4. The van der Waals surface area contributed by atoms with Crippen LogP contribution in [0.2, 0.25) is 0 Å². The highest BCUT2D eigenvalue weighted by molar-refractivity contribution is 5.62. The van der Waals surface area contributed by atoms with Crippen molar-refractivity contribution >= 4 is 0 Å². The molecule has 3 unspecified atom stereocenters. The molecule has 6 bridgehead atoms. The normalized spacial score (nSPS) is 47.4. The van der Waals surface area contributed by atoms with Crippen LogP contribution in [-0.2, 0) is 16.6 Å². The molecule has 7 rings (SSSR count). The summed E-state index contributed by atoms with van der Waals surface area (Å²) in [6.07, 6.45) is 7.09. The van der Waals surface area contributed by atoms with Crippen LogP contribution in [0.5, 0.6) is 5.75 Å². The summed E-state index contributed by atoms with van der Waals surface area (Å²) in [5.74, 6) is 0.811. The van der Waals surface area contributed by atoms with Crippen LogP contribution in [0.1, 0.15) is 69.1 Å². The molecular weight excluding hydrogens is 374 g/mol. The van der Waals surface area contributed by atoms with Gasteiger partial charge in [0, 0.05) is 35.5 Å². The highest BCUT2D eigenvalue weighted by atomic mass is 16.5. The fraction of sp³-hybridized carbons (Fsp3) is 0.769. The average Bonchev–Trinajstić information content (AvgIpc) is 3.25. The second-order valence-electron chi connectivity index (χ2n) is 11.5. The van der Waals surface area contributed by atoms with Crippen molar-refractivity contribution in [2.24, 2.45) is 16.7 Å². The topological polar surface area (TPSA) is 52.9 Å². The predicted molar refractivity (Wildman–Crippen MR) is 117 cm³/mol. The Balaban J connectivity index is 1.67. The second kappa shape index (κ2) is 5.44. The first kappa shape index (κ1) is 19.6. The highest BCUT2D eigenvalue weighted by Crippen LogP contribution is 2.94. The van der Waals surface area contributed by atoms with E-state index in [9.17, 15) is 10.2 Å². The van der Waals surface area contributed by atoms with Crippen molar-refractivity contribution in [3.05, 3.63) is 28.8 Å². The number of aromatic hydroxyl groups is 1. The van der Waals surface area contributed by atoms with Gasteiger partial charge in [-0.1, -0.05) is 25.5 Å². The van der Waals surface area contributed by atoms with Crippen molar-refractivity contribution in [2.45, 2.75) is 88.4 Å². The van der Waals surface area contributed by atoms with Crippen LogP contribution in [0, 0.1) is 23.7 Å². The van der Waals surface area contributed by atoms with Gasteiger partial charge in [0.15, 0.2) is 0 Å². The number of ether oxygens (including phenoxy) is 1. The maximum Gasteiger partial charge on any atom is 0.122 e. The van der Waals surface area contributed by atoms with Crippen LogP contribution in [0.15, 0.2) is 12.1 Å². The molecule has 2 N–H and O–H groups in total. The van der Waals surface area contributed by atoms with Gasteiger partial charge < -0.3 is 19.8 Å². The number of likely N-dealkylation sites (tertiary alicyclic amines) is 1. The lowest BCUT2D eigenvalue weighted by Gasteiger charge is -2.66. The summed E-state index contributed by atoms with van der Waals surface area (Å²) in [6, 6.07) is 4.84. The third kappa shape index (κ3) is 1.64. The molecule has 5 aliphatic carbocycles. The van der Waals surface area contributed by atoms with Gasteiger partial charge in [0.25, 0.3) is 0 Å². The number of aryl methyl sites for hydroxylation is 1. The molecule has 4 nitrogen and oxygen atoms in total. The third-order valence-electron chi connectivity index (χ3n) is 11.0. The monoisotopic (exact) mass is 411 g/mol. The second-order valence-corrected chi connectivity index (χ2v) is 11.5. The van der Waals surface area contributed by atoms with Crippen molar-refractivity contribution in [1.82, 2.24) is 4.90 Å². The van der Waals surface area contributed by atoms with Gasteiger partial charge in [0.1, 0.15) is 5.75 Å². The van der Waals surface area contributed by atoms with Crippen LogP contribution in [0.4, 0.5) is 0 Å². The van der Waals surface area contributed by atoms with Gasteiger partial charge in [0.2, 0.25) is 0 Å². The Labute approximate surface area is 180 Å². The quantitative estimate of drug-likeness (QED) is 0.788. The zero-order valence-corrected chi connectivity index (χ0v) is 19.2. The molecule has 6 aliphatic rings. The Hall–Kier alpha value is -1.10. The van der Waals surface area contributed by atoms with Crippen LogP contribution in [-0.4, -0.2) is 53.1 Å². The number of methoxy groups -OCH3 is 1. The maximum atomic E-state index is 12.0. The summed E-state index contributed by atoms with van der Waals surface area (Å²) in [6.45, 7) is 7.35. The minimum absolute atomic E-state index is 0.0835. The van der Waals surface area contributed by atoms with Crippen LogP contribution < -0.4 is 0 Å².